The van der Waals surface area contributed by atoms with Crippen molar-refractivity contribution in [3.05, 3.63) is 83.7 Å². The van der Waals surface area contributed by atoms with Crippen LogP contribution in [-0.2, 0) is 59.4 Å². The number of phenols is 1. The Bertz CT molecular complexity index is 2650. The zero-order chi connectivity index (χ0) is 48.3. The third kappa shape index (κ3) is 13.1. The standard InChI is InChI=1S/C51H62N8O8.4H2S/c1-9-44(61)57-17-15-34(27-57)48(63)56(7)45(30(3)4)47(62)54-41-21-31-18-35(22-36(60)19-31)33-13-14-43-37(23-33)39(46(58(43)10-2)38-20-32(25-52)26-53-42(38)28-66-8)24-51(5,6)29-67-50(65)40-12-11-16-59(55-40)49(41)64;;;;/h9,13-14,18-20,22-23,26,30,34,40-41,45,55,60H,1,10-12,15-17,21,24,27-29H2,2-8H3,(H,54,62);4*1H2/t34-,40-,41-,45-;;;;/m0..../s1. The van der Waals surface area contributed by atoms with E-state index in [-0.39, 0.29) is 110 Å². The summed E-state index contributed by atoms with van der Waals surface area (Å²) >= 11 is 0. The summed E-state index contributed by atoms with van der Waals surface area (Å²) in [6.45, 7) is 15.1. The molecule has 7 rings (SSSR count). The monoisotopic (exact) mass is 1050 g/mol. The van der Waals surface area contributed by atoms with E-state index in [1.165, 1.54) is 16.0 Å². The summed E-state index contributed by atoms with van der Waals surface area (Å²) in [6, 6.07) is 12.3. The minimum absolute atomic E-state index is 0. The maximum Gasteiger partial charge on any atom is 0.324 e. The number of nitriles is 1. The van der Waals surface area contributed by atoms with E-state index in [1.54, 1.807) is 37.4 Å². The number of aryl methyl sites for hydroxylation is 1. The Balaban J connectivity index is 0.00000333. The highest BCUT2D eigenvalue weighted by Gasteiger charge is 2.40. The highest BCUT2D eigenvalue weighted by atomic mass is 32.1. The third-order valence-electron chi connectivity index (χ3n) is 13.2. The normalized spacial score (nSPS) is 19.1. The van der Waals surface area contributed by atoms with Crippen LogP contribution in [0.1, 0.15) is 76.3 Å². The Labute approximate surface area is 444 Å². The van der Waals surface area contributed by atoms with Gasteiger partial charge in [0, 0.05) is 74.8 Å². The largest absolute Gasteiger partial charge is 0.508 e. The second-order valence-corrected chi connectivity index (χ2v) is 19.1. The van der Waals surface area contributed by atoms with E-state index >= 15 is 0 Å². The number of pyridine rings is 1. The number of nitrogens with one attached hydrogen (secondary N) is 2. The number of benzene rings is 2. The summed E-state index contributed by atoms with van der Waals surface area (Å²) in [7, 11) is 3.17. The number of phenolic OH excluding ortho intramolecular Hbond substituents is 1. The molecular formula is C51H70N8O8S4. The number of methoxy groups -OCH3 is 1. The molecule has 0 radical (unpaired) electrons. The molecule has 71 heavy (non-hydrogen) atoms. The first-order valence-corrected chi connectivity index (χ1v) is 23.1. The van der Waals surface area contributed by atoms with Gasteiger partial charge in [0.1, 0.15) is 29.9 Å². The molecule has 4 atom stereocenters. The molecule has 386 valence electrons. The number of hydrogen-bond donors (Lipinski definition) is 3. The zero-order valence-electron chi connectivity index (χ0n) is 41.6. The van der Waals surface area contributed by atoms with Gasteiger partial charge in [-0.05, 0) is 97.2 Å². The van der Waals surface area contributed by atoms with Crippen LogP contribution in [0.3, 0.4) is 0 Å². The molecule has 16 nitrogen and oxygen atoms in total. The van der Waals surface area contributed by atoms with Gasteiger partial charge in [0.05, 0.1) is 36.1 Å². The third-order valence-corrected chi connectivity index (χ3v) is 13.2. The number of nitrogens with zero attached hydrogens (tertiary/aromatic N) is 6. The second-order valence-electron chi connectivity index (χ2n) is 19.1. The Hall–Kier alpha value is -5.17. The minimum atomic E-state index is -1.19. The molecule has 2 saturated heterocycles. The van der Waals surface area contributed by atoms with Crippen LogP contribution in [0.4, 0.5) is 0 Å². The van der Waals surface area contributed by atoms with E-state index in [0.29, 0.717) is 61.2 Å². The number of likely N-dealkylation sites (N-methyl/N-ethyl adjacent to an activating group) is 1. The number of carbonyl (C=O) groups excluding carboxylic acids is 5. The average Bonchev–Trinajstić information content (AvgIpc) is 3.92. The first-order chi connectivity index (χ1) is 32.0. The van der Waals surface area contributed by atoms with Crippen LogP contribution < -0.4 is 10.7 Å². The number of likely N-dealkylation sites (tertiary alicyclic amines) is 1. The van der Waals surface area contributed by atoms with E-state index in [0.717, 1.165) is 33.3 Å². The highest BCUT2D eigenvalue weighted by molar-refractivity contribution is 7.59. The molecule has 0 aliphatic carbocycles. The Morgan fingerprint density at radius 3 is 2.48 bits per heavy atom. The molecule has 0 unspecified atom stereocenters. The van der Waals surface area contributed by atoms with Gasteiger partial charge < -0.3 is 34.3 Å². The van der Waals surface area contributed by atoms with Gasteiger partial charge in [0.25, 0.3) is 5.91 Å². The van der Waals surface area contributed by atoms with Crippen molar-refractivity contribution in [3.8, 4) is 34.2 Å². The Morgan fingerprint density at radius 1 is 1.08 bits per heavy atom. The smallest absolute Gasteiger partial charge is 0.324 e. The number of esters is 1. The average molecular weight is 1050 g/mol. The number of hydrazine groups is 1. The number of amides is 4. The molecule has 6 bridgehead atoms. The predicted molar refractivity (Wildman–Crippen MR) is 293 cm³/mol. The molecule has 2 aromatic heterocycles. The van der Waals surface area contributed by atoms with Crippen LogP contribution in [0.5, 0.6) is 5.75 Å². The molecule has 2 fully saturated rings. The van der Waals surface area contributed by atoms with Crippen molar-refractivity contribution in [1.82, 2.24) is 35.1 Å². The van der Waals surface area contributed by atoms with Crippen molar-refractivity contribution < 1.29 is 38.6 Å². The number of fused-ring (bicyclic) bond motifs is 6. The fraction of sp³-hybridized carbons (Fsp3) is 0.471. The van der Waals surface area contributed by atoms with E-state index in [4.69, 9.17) is 9.47 Å². The fourth-order valence-corrected chi connectivity index (χ4v) is 9.92. The molecule has 0 saturated carbocycles. The topological polar surface area (TPSA) is 199 Å². The van der Waals surface area contributed by atoms with E-state index in [2.05, 4.69) is 45.9 Å². The van der Waals surface area contributed by atoms with Crippen molar-refractivity contribution in [1.29, 1.82) is 5.26 Å². The van der Waals surface area contributed by atoms with Gasteiger partial charge in [0.15, 0.2) is 0 Å². The van der Waals surface area contributed by atoms with Crippen LogP contribution in [0.15, 0.2) is 61.3 Å². The van der Waals surface area contributed by atoms with Crippen molar-refractivity contribution in [3.63, 3.8) is 0 Å². The van der Waals surface area contributed by atoms with E-state index < -0.39 is 47.2 Å². The minimum Gasteiger partial charge on any atom is -0.508 e. The zero-order valence-corrected chi connectivity index (χ0v) is 45.6. The van der Waals surface area contributed by atoms with Crippen molar-refractivity contribution in [2.75, 3.05) is 40.4 Å². The molecule has 0 spiro atoms. The number of carbonyl (C=O) groups is 5. The van der Waals surface area contributed by atoms with Crippen molar-refractivity contribution in [2.45, 2.75) is 98.0 Å². The highest BCUT2D eigenvalue weighted by Crippen LogP contribution is 2.41. The molecule has 3 aliphatic rings. The number of aromatic hydroxyl groups is 1. The van der Waals surface area contributed by atoms with Gasteiger partial charge in [-0.15, -0.1) is 0 Å². The lowest BCUT2D eigenvalue weighted by molar-refractivity contribution is -0.155. The summed E-state index contributed by atoms with van der Waals surface area (Å²) in [4.78, 5) is 77.0. The van der Waals surface area contributed by atoms with Crippen molar-refractivity contribution in [2.24, 2.45) is 17.3 Å². The summed E-state index contributed by atoms with van der Waals surface area (Å²) < 4.78 is 13.9. The van der Waals surface area contributed by atoms with Gasteiger partial charge in [-0.25, -0.2) is 5.43 Å². The number of aromatic nitrogens is 2. The summed E-state index contributed by atoms with van der Waals surface area (Å²) in [6.07, 6.45) is 4.53. The first-order valence-electron chi connectivity index (χ1n) is 23.1. The summed E-state index contributed by atoms with van der Waals surface area (Å²) in [5, 5.41) is 26.6. The fourth-order valence-electron chi connectivity index (χ4n) is 9.92. The van der Waals surface area contributed by atoms with Crippen LogP contribution in [0.25, 0.3) is 33.3 Å². The predicted octanol–water partition coefficient (Wildman–Crippen LogP) is 5.73. The van der Waals surface area contributed by atoms with Gasteiger partial charge >= 0.3 is 5.97 Å². The van der Waals surface area contributed by atoms with Crippen LogP contribution in [0, 0.1) is 28.6 Å². The SMILES string of the molecule is C=CC(=O)N1CC[C@H](C(=O)N(C)[C@H](C(=O)N[C@H]2Cc3cc(O)cc(c3)-c3ccc4c(c3)c(c(-c3cc(C#N)cnc3COC)n4CC)CC(C)(C)COC(=O)[C@@H]3CCCN(N3)C2=O)C(C)C)C1.S.S.S.S. The quantitative estimate of drug-likeness (QED) is 0.130. The molecular weight excluding hydrogens is 981 g/mol. The lowest BCUT2D eigenvalue weighted by atomic mass is 9.84. The molecule has 4 amide bonds. The second kappa shape index (κ2) is 25.5. The number of rotatable bonds is 10. The number of ether oxygens (including phenoxy) is 2. The van der Waals surface area contributed by atoms with Crippen molar-refractivity contribution >= 4 is 94.5 Å². The van der Waals surface area contributed by atoms with Gasteiger partial charge in [-0.1, -0.05) is 46.4 Å². The maximum absolute atomic E-state index is 14.7. The number of cyclic esters (lactones) is 1. The van der Waals surface area contributed by atoms with Crippen LogP contribution >= 0.6 is 54.0 Å². The molecule has 3 aliphatic heterocycles. The van der Waals surface area contributed by atoms with Gasteiger partial charge in [0.2, 0.25) is 17.7 Å². The van der Waals surface area contributed by atoms with Gasteiger partial charge in [-0.3, -0.25) is 34.0 Å². The molecule has 20 heteroatoms. The maximum atomic E-state index is 14.7. The number of hydrogen-bond acceptors (Lipinski definition) is 11. The molecule has 3 N–H and O–H groups in total. The Morgan fingerprint density at radius 2 is 1.82 bits per heavy atom. The van der Waals surface area contributed by atoms with Crippen LogP contribution in [0.2, 0.25) is 0 Å². The van der Waals surface area contributed by atoms with Gasteiger partial charge in [-0.2, -0.15) is 59.2 Å². The summed E-state index contributed by atoms with van der Waals surface area (Å²) in [5.74, 6) is -3.01. The Kier molecular flexibility index (Phi) is 21.6. The van der Waals surface area contributed by atoms with E-state index in [1.807, 2.05) is 52.0 Å². The van der Waals surface area contributed by atoms with Crippen LogP contribution in [-0.4, -0.2) is 118 Å². The van der Waals surface area contributed by atoms with E-state index in [9.17, 15) is 34.3 Å². The lowest BCUT2D eigenvalue weighted by Gasteiger charge is -2.37. The molecule has 4 aromatic rings. The summed E-state index contributed by atoms with van der Waals surface area (Å²) in [5.41, 5.74) is 9.10. The lowest BCUT2D eigenvalue weighted by Crippen LogP contribution is -2.62. The molecule has 5 heterocycles. The molecule has 2 aromatic carbocycles. The first kappa shape index (κ1) is 60.1.